The molecule has 0 bridgehead atoms. The standard InChI is InChI=1S/C21H33N3O2.ClH/c1-2-19(21-16-26-11-8-22-21)20(3-1)23-14-17-4-6-18(7-5-17)15-24-9-12-25-13-10-24;/h4-7,19-23H,1-3,8-16H2;1H. The fraction of sp³-hybridized carbons (Fsp3) is 0.714. The van der Waals surface area contributed by atoms with Crippen LogP contribution in [0, 0.1) is 5.92 Å². The third-order valence-electron chi connectivity index (χ3n) is 6.14. The van der Waals surface area contributed by atoms with Crippen molar-refractivity contribution in [1.29, 1.82) is 0 Å². The molecule has 1 aliphatic carbocycles. The van der Waals surface area contributed by atoms with E-state index in [0.717, 1.165) is 59.2 Å². The second-order valence-corrected chi connectivity index (χ2v) is 7.92. The highest BCUT2D eigenvalue weighted by Gasteiger charge is 2.34. The van der Waals surface area contributed by atoms with E-state index in [0.29, 0.717) is 18.0 Å². The van der Waals surface area contributed by atoms with Gasteiger partial charge in [-0.1, -0.05) is 30.7 Å². The Bertz CT molecular complexity index is 545. The van der Waals surface area contributed by atoms with Crippen molar-refractivity contribution >= 4 is 12.4 Å². The maximum Gasteiger partial charge on any atom is 0.0623 e. The Morgan fingerprint density at radius 3 is 2.52 bits per heavy atom. The van der Waals surface area contributed by atoms with Crippen LogP contribution in [0.2, 0.25) is 0 Å². The average Bonchev–Trinajstić information content (AvgIpc) is 3.18. The Morgan fingerprint density at radius 2 is 1.78 bits per heavy atom. The van der Waals surface area contributed by atoms with E-state index in [1.54, 1.807) is 0 Å². The van der Waals surface area contributed by atoms with E-state index in [-0.39, 0.29) is 12.4 Å². The highest BCUT2D eigenvalue weighted by Crippen LogP contribution is 2.29. The van der Waals surface area contributed by atoms with Gasteiger partial charge < -0.3 is 20.1 Å². The van der Waals surface area contributed by atoms with Crippen molar-refractivity contribution < 1.29 is 9.47 Å². The normalized spacial score (nSPS) is 29.4. The zero-order valence-electron chi connectivity index (χ0n) is 16.2. The van der Waals surface area contributed by atoms with Crippen LogP contribution >= 0.6 is 12.4 Å². The lowest BCUT2D eigenvalue weighted by molar-refractivity contribution is 0.0342. The summed E-state index contributed by atoms with van der Waals surface area (Å²) in [4.78, 5) is 2.47. The van der Waals surface area contributed by atoms with Crippen molar-refractivity contribution in [2.45, 2.75) is 44.4 Å². The average molecular weight is 396 g/mol. The number of rotatable bonds is 6. The van der Waals surface area contributed by atoms with Crippen LogP contribution in [-0.4, -0.2) is 63.0 Å². The molecule has 27 heavy (non-hydrogen) atoms. The van der Waals surface area contributed by atoms with Gasteiger partial charge in [0, 0.05) is 44.8 Å². The van der Waals surface area contributed by atoms with Crippen LogP contribution in [0.25, 0.3) is 0 Å². The number of nitrogens with one attached hydrogen (secondary N) is 2. The van der Waals surface area contributed by atoms with Gasteiger partial charge in [0.1, 0.15) is 0 Å². The zero-order valence-corrected chi connectivity index (χ0v) is 17.0. The number of nitrogens with zero attached hydrogens (tertiary/aromatic N) is 1. The number of ether oxygens (including phenoxy) is 2. The first-order valence-corrected chi connectivity index (χ1v) is 10.3. The van der Waals surface area contributed by atoms with Crippen molar-refractivity contribution in [1.82, 2.24) is 15.5 Å². The van der Waals surface area contributed by atoms with E-state index in [4.69, 9.17) is 9.47 Å². The minimum Gasteiger partial charge on any atom is -0.379 e. The zero-order chi connectivity index (χ0) is 17.6. The summed E-state index contributed by atoms with van der Waals surface area (Å²) in [6.45, 7) is 8.56. The number of hydrogen-bond donors (Lipinski definition) is 2. The van der Waals surface area contributed by atoms with Gasteiger partial charge in [0.25, 0.3) is 0 Å². The molecular formula is C21H34ClN3O2. The van der Waals surface area contributed by atoms with Gasteiger partial charge in [-0.3, -0.25) is 4.90 Å². The van der Waals surface area contributed by atoms with Crippen molar-refractivity contribution in [3.63, 3.8) is 0 Å². The fourth-order valence-electron chi connectivity index (χ4n) is 4.61. The lowest BCUT2D eigenvalue weighted by Crippen LogP contribution is -2.50. The maximum atomic E-state index is 5.68. The molecule has 152 valence electrons. The van der Waals surface area contributed by atoms with Gasteiger partial charge in [-0.15, -0.1) is 12.4 Å². The van der Waals surface area contributed by atoms with Crippen LogP contribution in [0.4, 0.5) is 0 Å². The van der Waals surface area contributed by atoms with Gasteiger partial charge in [-0.05, 0) is 29.9 Å². The van der Waals surface area contributed by atoms with Gasteiger partial charge in [0.2, 0.25) is 0 Å². The number of morpholine rings is 2. The summed E-state index contributed by atoms with van der Waals surface area (Å²) in [7, 11) is 0. The van der Waals surface area contributed by atoms with Gasteiger partial charge in [0.05, 0.1) is 26.4 Å². The Labute approximate surface area is 169 Å². The number of hydrogen-bond acceptors (Lipinski definition) is 5. The van der Waals surface area contributed by atoms with Crippen molar-refractivity contribution in [3.8, 4) is 0 Å². The first-order chi connectivity index (χ1) is 12.9. The third kappa shape index (κ3) is 5.89. The summed E-state index contributed by atoms with van der Waals surface area (Å²) in [6.07, 6.45) is 3.94. The van der Waals surface area contributed by atoms with Crippen LogP contribution in [0.1, 0.15) is 30.4 Å². The second-order valence-electron chi connectivity index (χ2n) is 7.92. The lowest BCUT2D eigenvalue weighted by Gasteiger charge is -2.33. The first-order valence-electron chi connectivity index (χ1n) is 10.3. The van der Waals surface area contributed by atoms with Gasteiger partial charge in [0.15, 0.2) is 0 Å². The van der Waals surface area contributed by atoms with E-state index in [1.165, 1.54) is 30.4 Å². The third-order valence-corrected chi connectivity index (χ3v) is 6.14. The Balaban J connectivity index is 0.00000210. The molecule has 2 N–H and O–H groups in total. The Kier molecular flexibility index (Phi) is 8.37. The predicted molar refractivity (Wildman–Crippen MR) is 110 cm³/mol. The van der Waals surface area contributed by atoms with Crippen molar-refractivity contribution in [2.24, 2.45) is 5.92 Å². The van der Waals surface area contributed by atoms with E-state index in [2.05, 4.69) is 39.8 Å². The monoisotopic (exact) mass is 395 g/mol. The van der Waals surface area contributed by atoms with Gasteiger partial charge in [-0.25, -0.2) is 0 Å². The molecule has 2 saturated heterocycles. The molecule has 3 atom stereocenters. The first kappa shape index (κ1) is 21.0. The van der Waals surface area contributed by atoms with E-state index in [9.17, 15) is 0 Å². The highest BCUT2D eigenvalue weighted by atomic mass is 35.5. The summed E-state index contributed by atoms with van der Waals surface area (Å²) in [5.41, 5.74) is 2.78. The highest BCUT2D eigenvalue weighted by molar-refractivity contribution is 5.85. The van der Waals surface area contributed by atoms with Crippen LogP contribution in [0.5, 0.6) is 0 Å². The van der Waals surface area contributed by atoms with Crippen LogP contribution in [0.3, 0.4) is 0 Å². The van der Waals surface area contributed by atoms with E-state index < -0.39 is 0 Å². The minimum atomic E-state index is 0. The molecule has 3 fully saturated rings. The molecule has 0 aromatic heterocycles. The second kappa shape index (κ2) is 10.7. The van der Waals surface area contributed by atoms with Crippen molar-refractivity contribution in [3.05, 3.63) is 35.4 Å². The maximum absolute atomic E-state index is 5.68. The SMILES string of the molecule is Cl.c1cc(CN2CCOCC2)ccc1CNC1CCCC1C1COCCN1. The Morgan fingerprint density at radius 1 is 1.00 bits per heavy atom. The lowest BCUT2D eigenvalue weighted by atomic mass is 9.94. The molecule has 0 spiro atoms. The smallest absolute Gasteiger partial charge is 0.0623 e. The molecule has 0 amide bonds. The topological polar surface area (TPSA) is 45.8 Å². The number of benzene rings is 1. The molecule has 6 heteroatoms. The van der Waals surface area contributed by atoms with Crippen LogP contribution in [-0.2, 0) is 22.6 Å². The molecule has 2 aliphatic heterocycles. The summed E-state index contributed by atoms with van der Waals surface area (Å²) >= 11 is 0. The molecular weight excluding hydrogens is 362 g/mol. The molecule has 5 nitrogen and oxygen atoms in total. The molecule has 3 aliphatic rings. The summed E-state index contributed by atoms with van der Waals surface area (Å²) < 4.78 is 11.1. The van der Waals surface area contributed by atoms with E-state index >= 15 is 0 Å². The molecule has 1 aromatic carbocycles. The molecule has 2 heterocycles. The van der Waals surface area contributed by atoms with Crippen molar-refractivity contribution in [2.75, 3.05) is 46.1 Å². The van der Waals surface area contributed by atoms with Gasteiger partial charge >= 0.3 is 0 Å². The number of halogens is 1. The van der Waals surface area contributed by atoms with Crippen LogP contribution < -0.4 is 10.6 Å². The summed E-state index contributed by atoms with van der Waals surface area (Å²) in [6, 6.07) is 10.3. The van der Waals surface area contributed by atoms with E-state index in [1.807, 2.05) is 0 Å². The molecule has 1 aromatic rings. The Hall–Kier alpha value is -0.690. The molecule has 1 saturated carbocycles. The van der Waals surface area contributed by atoms with Crippen LogP contribution in [0.15, 0.2) is 24.3 Å². The predicted octanol–water partition coefficient (Wildman–Crippen LogP) is 2.19. The summed E-state index contributed by atoms with van der Waals surface area (Å²) in [5, 5.41) is 7.48. The molecule has 0 radical (unpaired) electrons. The fourth-order valence-corrected chi connectivity index (χ4v) is 4.61. The molecule has 3 unspecified atom stereocenters. The quantitative estimate of drug-likeness (QED) is 0.773. The molecule has 4 rings (SSSR count). The van der Waals surface area contributed by atoms with Gasteiger partial charge in [-0.2, -0.15) is 0 Å². The minimum absolute atomic E-state index is 0. The summed E-state index contributed by atoms with van der Waals surface area (Å²) in [5.74, 6) is 0.705. The largest absolute Gasteiger partial charge is 0.379 e.